The van der Waals surface area contributed by atoms with Crippen LogP contribution in [-0.4, -0.2) is 16.9 Å². The Morgan fingerprint density at radius 3 is 1.74 bits per heavy atom. The van der Waals surface area contributed by atoms with Crippen molar-refractivity contribution < 1.29 is 14.7 Å². The molecule has 0 atom stereocenters. The molecule has 0 unspecified atom stereocenters. The number of Topliss-reactive ketones (excluding diaryl/α,β-unsaturated/α-hetero) is 1. The molecule has 0 aliphatic heterocycles. The lowest BCUT2D eigenvalue weighted by molar-refractivity contribution is -0.137. The Morgan fingerprint density at radius 2 is 1.10 bits per heavy atom. The first-order valence-electron chi connectivity index (χ1n) is 11.6. The summed E-state index contributed by atoms with van der Waals surface area (Å²) in [6.07, 6.45) is 9.24. The number of aliphatic carboxylic acids is 1. The molecule has 0 aliphatic rings. The molecule has 4 aromatic carbocycles. The Hall–Kier alpha value is -2.94. The van der Waals surface area contributed by atoms with E-state index >= 15 is 0 Å². The lowest BCUT2D eigenvalue weighted by atomic mass is 9.90. The maximum Gasteiger partial charge on any atom is 0.303 e. The SMILES string of the molecule is O=C(O)CCCCCCCCCCC(=O)c1ccc2ccc3cccc4ccc1c2c34. The predicted octanol–water partition coefficient (Wildman–Crippen LogP) is 7.75. The van der Waals surface area contributed by atoms with Gasteiger partial charge in [-0.3, -0.25) is 9.59 Å². The average molecular weight is 415 g/mol. The molecule has 0 radical (unpaired) electrons. The Kier molecular flexibility index (Phi) is 6.81. The van der Waals surface area contributed by atoms with Gasteiger partial charge in [0.15, 0.2) is 5.78 Å². The number of rotatable bonds is 12. The van der Waals surface area contributed by atoms with Crippen molar-refractivity contribution in [2.75, 3.05) is 0 Å². The summed E-state index contributed by atoms with van der Waals surface area (Å²) < 4.78 is 0. The van der Waals surface area contributed by atoms with Crippen LogP contribution >= 0.6 is 0 Å². The zero-order chi connectivity index (χ0) is 21.6. The maximum absolute atomic E-state index is 13.0. The van der Waals surface area contributed by atoms with Crippen LogP contribution in [-0.2, 0) is 4.79 Å². The number of carboxylic acids is 1. The summed E-state index contributed by atoms with van der Waals surface area (Å²) in [5.41, 5.74) is 0.851. The fourth-order valence-corrected chi connectivity index (χ4v) is 4.74. The van der Waals surface area contributed by atoms with Crippen LogP contribution in [0, 0.1) is 0 Å². The number of ketones is 1. The van der Waals surface area contributed by atoms with E-state index in [1.165, 1.54) is 33.4 Å². The number of benzene rings is 4. The van der Waals surface area contributed by atoms with E-state index < -0.39 is 5.97 Å². The molecule has 1 N–H and O–H groups in total. The standard InChI is InChI=1S/C28H30O3/c29-25(12-7-5-3-1-2-4-6-8-13-26(30)31)23-18-16-22-15-14-20-10-9-11-21-17-19-24(23)28(22)27(20)21/h9-11,14-19H,1-8,12-13H2,(H,30,31). The second-order valence-electron chi connectivity index (χ2n) is 8.61. The van der Waals surface area contributed by atoms with Crippen LogP contribution in [0.5, 0.6) is 0 Å². The van der Waals surface area contributed by atoms with Gasteiger partial charge >= 0.3 is 5.97 Å². The van der Waals surface area contributed by atoms with Gasteiger partial charge in [-0.25, -0.2) is 0 Å². The molecule has 0 bridgehead atoms. The average Bonchev–Trinajstić information content (AvgIpc) is 2.78. The van der Waals surface area contributed by atoms with Crippen LogP contribution < -0.4 is 0 Å². The molecule has 0 aliphatic carbocycles. The van der Waals surface area contributed by atoms with Crippen LogP contribution in [0.25, 0.3) is 32.3 Å². The number of carbonyl (C=O) groups excluding carboxylic acids is 1. The second-order valence-corrected chi connectivity index (χ2v) is 8.61. The van der Waals surface area contributed by atoms with Gasteiger partial charge in [0.05, 0.1) is 0 Å². The van der Waals surface area contributed by atoms with Gasteiger partial charge in [-0.05, 0) is 45.2 Å². The van der Waals surface area contributed by atoms with Gasteiger partial charge in [0.1, 0.15) is 0 Å². The zero-order valence-electron chi connectivity index (χ0n) is 18.0. The molecule has 4 aromatic rings. The summed E-state index contributed by atoms with van der Waals surface area (Å²) in [6, 6.07) is 19.0. The molecule has 0 saturated heterocycles. The van der Waals surface area contributed by atoms with E-state index in [2.05, 4.69) is 48.5 Å². The molecular formula is C28H30O3. The summed E-state index contributed by atoms with van der Waals surface area (Å²) in [7, 11) is 0. The van der Waals surface area contributed by atoms with Crippen molar-refractivity contribution >= 4 is 44.1 Å². The number of unbranched alkanes of at least 4 members (excludes halogenated alkanes) is 7. The minimum Gasteiger partial charge on any atom is -0.481 e. The van der Waals surface area contributed by atoms with Gasteiger partial charge in [0.2, 0.25) is 0 Å². The van der Waals surface area contributed by atoms with Crippen molar-refractivity contribution in [2.24, 2.45) is 0 Å². The van der Waals surface area contributed by atoms with Crippen LogP contribution in [0.3, 0.4) is 0 Å². The van der Waals surface area contributed by atoms with Crippen LogP contribution in [0.4, 0.5) is 0 Å². The van der Waals surface area contributed by atoms with E-state index in [0.717, 1.165) is 55.9 Å². The Balaban J connectivity index is 1.32. The minimum absolute atomic E-state index is 0.242. The quantitative estimate of drug-likeness (QED) is 0.146. The normalized spacial score (nSPS) is 11.6. The number of hydrogen-bond acceptors (Lipinski definition) is 2. The zero-order valence-corrected chi connectivity index (χ0v) is 18.0. The highest BCUT2D eigenvalue weighted by molar-refractivity contribution is 6.26. The molecule has 0 saturated carbocycles. The van der Waals surface area contributed by atoms with Gasteiger partial charge in [0.25, 0.3) is 0 Å². The van der Waals surface area contributed by atoms with Gasteiger partial charge in [-0.1, -0.05) is 93.1 Å². The molecule has 0 aromatic heterocycles. The van der Waals surface area contributed by atoms with Crippen molar-refractivity contribution in [1.82, 2.24) is 0 Å². The van der Waals surface area contributed by atoms with Crippen molar-refractivity contribution in [3.8, 4) is 0 Å². The van der Waals surface area contributed by atoms with E-state index in [0.29, 0.717) is 6.42 Å². The van der Waals surface area contributed by atoms with Gasteiger partial charge in [0, 0.05) is 18.4 Å². The third-order valence-corrected chi connectivity index (χ3v) is 6.37. The Bertz CT molecular complexity index is 1180. The number of carbonyl (C=O) groups is 2. The predicted molar refractivity (Wildman–Crippen MR) is 128 cm³/mol. The third-order valence-electron chi connectivity index (χ3n) is 6.37. The molecule has 0 heterocycles. The van der Waals surface area contributed by atoms with Crippen molar-refractivity contribution in [3.63, 3.8) is 0 Å². The van der Waals surface area contributed by atoms with Gasteiger partial charge in [-0.2, -0.15) is 0 Å². The topological polar surface area (TPSA) is 54.4 Å². The van der Waals surface area contributed by atoms with E-state index in [-0.39, 0.29) is 12.2 Å². The fraction of sp³-hybridized carbons (Fsp3) is 0.357. The Morgan fingerprint density at radius 1 is 0.581 bits per heavy atom. The smallest absolute Gasteiger partial charge is 0.303 e. The lowest BCUT2D eigenvalue weighted by Gasteiger charge is -2.13. The fourth-order valence-electron chi connectivity index (χ4n) is 4.74. The lowest BCUT2D eigenvalue weighted by Crippen LogP contribution is -2.01. The monoisotopic (exact) mass is 414 g/mol. The summed E-state index contributed by atoms with van der Waals surface area (Å²) >= 11 is 0. The number of carboxylic acid groups (broad SMARTS) is 1. The highest BCUT2D eigenvalue weighted by atomic mass is 16.4. The highest BCUT2D eigenvalue weighted by Gasteiger charge is 2.14. The molecule has 0 spiro atoms. The number of hydrogen-bond donors (Lipinski definition) is 1. The molecule has 31 heavy (non-hydrogen) atoms. The molecule has 160 valence electrons. The summed E-state index contributed by atoms with van der Waals surface area (Å²) in [4.78, 5) is 23.5. The molecule has 0 amide bonds. The molecule has 4 rings (SSSR count). The van der Waals surface area contributed by atoms with Crippen LogP contribution in [0.15, 0.2) is 54.6 Å². The first-order valence-corrected chi connectivity index (χ1v) is 11.6. The van der Waals surface area contributed by atoms with Crippen molar-refractivity contribution in [1.29, 1.82) is 0 Å². The second kappa shape index (κ2) is 9.91. The Labute approximate surface area is 183 Å². The summed E-state index contributed by atoms with van der Waals surface area (Å²) in [5, 5.41) is 15.8. The van der Waals surface area contributed by atoms with E-state index in [1.807, 2.05) is 6.07 Å². The van der Waals surface area contributed by atoms with Gasteiger partial charge in [-0.15, -0.1) is 0 Å². The van der Waals surface area contributed by atoms with Crippen LogP contribution in [0.1, 0.15) is 74.6 Å². The van der Waals surface area contributed by atoms with Gasteiger partial charge < -0.3 is 5.11 Å². The largest absolute Gasteiger partial charge is 0.481 e. The first-order chi connectivity index (χ1) is 15.1. The van der Waals surface area contributed by atoms with Crippen molar-refractivity contribution in [3.05, 3.63) is 60.2 Å². The van der Waals surface area contributed by atoms with E-state index in [4.69, 9.17) is 5.11 Å². The van der Waals surface area contributed by atoms with E-state index in [9.17, 15) is 9.59 Å². The first kappa shape index (κ1) is 21.3. The molecule has 3 nitrogen and oxygen atoms in total. The summed E-state index contributed by atoms with van der Waals surface area (Å²) in [5.74, 6) is -0.457. The van der Waals surface area contributed by atoms with Crippen LogP contribution in [0.2, 0.25) is 0 Å². The maximum atomic E-state index is 13.0. The summed E-state index contributed by atoms with van der Waals surface area (Å²) in [6.45, 7) is 0. The molecule has 3 heteroatoms. The van der Waals surface area contributed by atoms with E-state index in [1.54, 1.807) is 0 Å². The molecule has 0 fully saturated rings. The molecular weight excluding hydrogens is 384 g/mol. The minimum atomic E-state index is -0.700. The highest BCUT2D eigenvalue weighted by Crippen LogP contribution is 2.36. The van der Waals surface area contributed by atoms with Crippen molar-refractivity contribution in [2.45, 2.75) is 64.2 Å². The third kappa shape index (κ3) is 4.87.